The average Bonchev–Trinajstić information content (AvgIpc) is 2.96. The maximum absolute atomic E-state index is 6.56. The number of furan rings is 1. The predicted molar refractivity (Wildman–Crippen MR) is 113 cm³/mol. The fourth-order valence-corrected chi connectivity index (χ4v) is 6.78. The molecule has 1 fully saturated rings. The normalized spacial score (nSPS) is 29.7. The number of methoxy groups -OCH3 is 2. The third-order valence-corrected chi connectivity index (χ3v) is 8.15. The molecule has 0 bridgehead atoms. The van der Waals surface area contributed by atoms with Crippen LogP contribution in [-0.4, -0.2) is 14.2 Å². The van der Waals surface area contributed by atoms with E-state index in [2.05, 4.69) is 49.7 Å². The van der Waals surface area contributed by atoms with Crippen LogP contribution in [0.5, 0.6) is 11.5 Å². The molecule has 2 aliphatic carbocycles. The van der Waals surface area contributed by atoms with Gasteiger partial charge in [0, 0.05) is 16.9 Å². The molecule has 0 spiro atoms. The molecule has 1 aromatic carbocycles. The molecule has 0 amide bonds. The Labute approximate surface area is 170 Å². The van der Waals surface area contributed by atoms with Crippen molar-refractivity contribution in [2.45, 2.75) is 71.1 Å². The summed E-state index contributed by atoms with van der Waals surface area (Å²) in [6.07, 6.45) is 6.26. The van der Waals surface area contributed by atoms with Gasteiger partial charge in [0.25, 0.3) is 0 Å². The number of rotatable bonds is 2. The molecule has 27 heavy (non-hydrogen) atoms. The lowest BCUT2D eigenvalue weighted by atomic mass is 9.53. The first-order valence-corrected chi connectivity index (χ1v) is 10.9. The molecule has 2 aromatic rings. The third-order valence-electron chi connectivity index (χ3n) is 7.43. The summed E-state index contributed by atoms with van der Waals surface area (Å²) in [5, 5.41) is 1.19. The van der Waals surface area contributed by atoms with Crippen LogP contribution < -0.4 is 9.47 Å². The summed E-state index contributed by atoms with van der Waals surface area (Å²) in [6, 6.07) is 2.13. The van der Waals surface area contributed by atoms with Gasteiger partial charge in [-0.05, 0) is 64.4 Å². The van der Waals surface area contributed by atoms with Crippen LogP contribution in [0, 0.1) is 11.3 Å². The van der Waals surface area contributed by atoms with E-state index in [9.17, 15) is 0 Å². The van der Waals surface area contributed by atoms with Crippen LogP contribution in [0.2, 0.25) is 0 Å². The second-order valence-corrected chi connectivity index (χ2v) is 10.2. The van der Waals surface area contributed by atoms with Crippen LogP contribution in [-0.2, 0) is 5.41 Å². The summed E-state index contributed by atoms with van der Waals surface area (Å²) >= 11 is 3.73. The van der Waals surface area contributed by atoms with Crippen LogP contribution in [0.25, 0.3) is 11.0 Å². The van der Waals surface area contributed by atoms with Crippen molar-refractivity contribution in [3.05, 3.63) is 21.9 Å². The number of benzene rings is 1. The largest absolute Gasteiger partial charge is 0.493 e. The fourth-order valence-electron chi connectivity index (χ4n) is 6.13. The molecule has 1 saturated carbocycles. The summed E-state index contributed by atoms with van der Waals surface area (Å²) in [6.45, 7) is 9.73. The summed E-state index contributed by atoms with van der Waals surface area (Å²) in [5.74, 6) is 3.72. The number of halogens is 1. The zero-order valence-electron chi connectivity index (χ0n) is 17.4. The molecule has 1 heterocycles. The lowest BCUT2D eigenvalue weighted by Gasteiger charge is -2.50. The Morgan fingerprint density at radius 2 is 1.85 bits per heavy atom. The van der Waals surface area contributed by atoms with Gasteiger partial charge in [-0.15, -0.1) is 0 Å². The van der Waals surface area contributed by atoms with Gasteiger partial charge in [-0.1, -0.05) is 34.1 Å². The van der Waals surface area contributed by atoms with Gasteiger partial charge in [-0.3, -0.25) is 0 Å². The molecule has 0 saturated heterocycles. The number of fused-ring (bicyclic) bond motifs is 5. The van der Waals surface area contributed by atoms with Gasteiger partial charge in [0.05, 0.1) is 14.2 Å². The van der Waals surface area contributed by atoms with E-state index in [1.165, 1.54) is 48.8 Å². The van der Waals surface area contributed by atoms with E-state index in [4.69, 9.17) is 13.9 Å². The molecule has 3 nitrogen and oxygen atoms in total. The second kappa shape index (κ2) is 6.43. The highest BCUT2D eigenvalue weighted by atomic mass is 79.9. The number of hydrogen-bond donors (Lipinski definition) is 0. The molecule has 0 unspecified atom stereocenters. The Morgan fingerprint density at radius 1 is 1.11 bits per heavy atom. The molecule has 4 rings (SSSR count). The number of ether oxygens (including phenoxy) is 2. The monoisotopic (exact) mass is 434 g/mol. The van der Waals surface area contributed by atoms with Gasteiger partial charge in [0.2, 0.25) is 0 Å². The smallest absolute Gasteiger partial charge is 0.178 e. The molecular formula is C23H31BrO3. The quantitative estimate of drug-likeness (QED) is 0.500. The zero-order valence-corrected chi connectivity index (χ0v) is 19.0. The van der Waals surface area contributed by atoms with Gasteiger partial charge in [-0.25, -0.2) is 0 Å². The standard InChI is InChI=1S/C23H31BrO3/c1-13-8-9-16-22(2,3)10-7-11-23(16,4)17-14-12-15(25-5)21(26-6)18(24)20(14)27-19(13)17/h12-13,16H,7-11H2,1-6H3/t13-,16+,23+/m1/s1. The minimum absolute atomic E-state index is 0.131. The Hall–Kier alpha value is -1.16. The van der Waals surface area contributed by atoms with Crippen LogP contribution in [0.1, 0.15) is 77.0 Å². The van der Waals surface area contributed by atoms with Crippen LogP contribution in [0.15, 0.2) is 15.0 Å². The summed E-state index contributed by atoms with van der Waals surface area (Å²) in [4.78, 5) is 0. The zero-order chi connectivity index (χ0) is 19.6. The van der Waals surface area contributed by atoms with E-state index in [1.54, 1.807) is 14.2 Å². The maximum atomic E-state index is 6.56. The molecule has 3 atom stereocenters. The number of hydrogen-bond acceptors (Lipinski definition) is 3. The SMILES string of the molecule is COc1cc2c3c(oc2c(Br)c1OC)[C@H](C)CC[C@H]1C(C)(C)CCC[C@]31C. The Bertz CT molecular complexity index is 882. The minimum Gasteiger partial charge on any atom is -0.493 e. The topological polar surface area (TPSA) is 31.6 Å². The molecule has 1 aromatic heterocycles. The van der Waals surface area contributed by atoms with E-state index in [0.717, 1.165) is 15.8 Å². The van der Waals surface area contributed by atoms with Crippen molar-refractivity contribution in [2.75, 3.05) is 14.2 Å². The highest BCUT2D eigenvalue weighted by Gasteiger charge is 2.51. The minimum atomic E-state index is 0.131. The van der Waals surface area contributed by atoms with E-state index < -0.39 is 0 Å². The lowest BCUT2D eigenvalue weighted by Crippen LogP contribution is -2.44. The van der Waals surface area contributed by atoms with Gasteiger partial charge < -0.3 is 13.9 Å². The maximum Gasteiger partial charge on any atom is 0.178 e. The first-order valence-electron chi connectivity index (χ1n) is 10.1. The molecule has 4 heteroatoms. The van der Waals surface area contributed by atoms with Crippen molar-refractivity contribution in [1.29, 1.82) is 0 Å². The third kappa shape index (κ3) is 2.66. The summed E-state index contributed by atoms with van der Waals surface area (Å²) in [7, 11) is 3.37. The van der Waals surface area contributed by atoms with Crippen molar-refractivity contribution in [2.24, 2.45) is 11.3 Å². The van der Waals surface area contributed by atoms with Crippen molar-refractivity contribution >= 4 is 26.9 Å². The van der Waals surface area contributed by atoms with Crippen LogP contribution >= 0.6 is 15.9 Å². The van der Waals surface area contributed by atoms with Gasteiger partial charge in [0.15, 0.2) is 17.1 Å². The van der Waals surface area contributed by atoms with E-state index in [0.29, 0.717) is 23.0 Å². The highest BCUT2D eigenvalue weighted by Crippen LogP contribution is 2.60. The Morgan fingerprint density at radius 3 is 2.52 bits per heavy atom. The van der Waals surface area contributed by atoms with Gasteiger partial charge in [-0.2, -0.15) is 0 Å². The molecular weight excluding hydrogens is 404 g/mol. The second-order valence-electron chi connectivity index (χ2n) is 9.43. The summed E-state index contributed by atoms with van der Waals surface area (Å²) < 4.78 is 18.7. The van der Waals surface area contributed by atoms with E-state index in [-0.39, 0.29) is 5.41 Å². The van der Waals surface area contributed by atoms with Gasteiger partial charge in [0.1, 0.15) is 10.2 Å². The molecule has 0 aliphatic heterocycles. The van der Waals surface area contributed by atoms with Crippen LogP contribution in [0.3, 0.4) is 0 Å². The Balaban J connectivity index is 2.06. The first kappa shape index (κ1) is 19.2. The van der Waals surface area contributed by atoms with Crippen molar-refractivity contribution in [3.8, 4) is 11.5 Å². The predicted octanol–water partition coefficient (Wildman–Crippen LogP) is 7.19. The first-order chi connectivity index (χ1) is 12.7. The molecule has 0 radical (unpaired) electrons. The molecule has 148 valence electrons. The van der Waals surface area contributed by atoms with Gasteiger partial charge >= 0.3 is 0 Å². The average molecular weight is 435 g/mol. The molecule has 2 aliphatic rings. The van der Waals surface area contributed by atoms with Crippen molar-refractivity contribution in [3.63, 3.8) is 0 Å². The summed E-state index contributed by atoms with van der Waals surface area (Å²) in [5.41, 5.74) is 2.80. The fraction of sp³-hybridized carbons (Fsp3) is 0.652. The van der Waals surface area contributed by atoms with Crippen molar-refractivity contribution < 1.29 is 13.9 Å². The van der Waals surface area contributed by atoms with Crippen LogP contribution in [0.4, 0.5) is 0 Å². The highest BCUT2D eigenvalue weighted by molar-refractivity contribution is 9.10. The van der Waals surface area contributed by atoms with E-state index >= 15 is 0 Å². The van der Waals surface area contributed by atoms with E-state index in [1.807, 2.05) is 0 Å². The Kier molecular flexibility index (Phi) is 4.57. The molecule has 0 N–H and O–H groups in total. The van der Waals surface area contributed by atoms with Crippen molar-refractivity contribution in [1.82, 2.24) is 0 Å². The lowest BCUT2D eigenvalue weighted by molar-refractivity contribution is 0.0504.